The van der Waals surface area contributed by atoms with E-state index in [-0.39, 0.29) is 35.3 Å². The van der Waals surface area contributed by atoms with Crippen LogP contribution in [0.2, 0.25) is 0 Å². The van der Waals surface area contributed by atoms with Crippen LogP contribution in [-0.2, 0) is 39.6 Å². The van der Waals surface area contributed by atoms with Crippen LogP contribution in [0.25, 0.3) is 0 Å². The van der Waals surface area contributed by atoms with E-state index in [4.69, 9.17) is 20.4 Å². The Morgan fingerprint density at radius 3 is 1.67 bits per heavy atom. The monoisotopic (exact) mass is 504 g/mol. The van der Waals surface area contributed by atoms with Crippen LogP contribution in [0.3, 0.4) is 0 Å². The van der Waals surface area contributed by atoms with Crippen molar-refractivity contribution in [3.63, 3.8) is 0 Å². The Hall–Kier alpha value is -2.47. The maximum Gasteiger partial charge on any atom is 0.309 e. The van der Waals surface area contributed by atoms with Crippen molar-refractivity contribution in [3.8, 4) is 0 Å². The van der Waals surface area contributed by atoms with Gasteiger partial charge in [0.25, 0.3) is 20.1 Å². The van der Waals surface area contributed by atoms with Gasteiger partial charge in [-0.1, -0.05) is 0 Å². The van der Waals surface area contributed by atoms with Crippen molar-refractivity contribution in [3.05, 3.63) is 60.0 Å². The third-order valence-electron chi connectivity index (χ3n) is 3.62. The maximum absolute atomic E-state index is 12.0. The van der Waals surface area contributed by atoms with Gasteiger partial charge >= 0.3 is 6.01 Å². The van der Waals surface area contributed by atoms with Crippen LogP contribution in [0.5, 0.6) is 0 Å². The molecule has 30 heavy (non-hydrogen) atoms. The van der Waals surface area contributed by atoms with Crippen LogP contribution in [0.4, 0.5) is 17.4 Å². The zero-order valence-corrected chi connectivity index (χ0v) is 20.8. The quantitative estimate of drug-likeness (QED) is 0.235. The molecule has 6 N–H and O–H groups in total. The summed E-state index contributed by atoms with van der Waals surface area (Å²) in [5.41, 5.74) is 12.4. The van der Waals surface area contributed by atoms with Gasteiger partial charge in [-0.25, -0.2) is 13.1 Å². The molecule has 10 nitrogen and oxygen atoms in total. The topological polar surface area (TPSA) is 179 Å². The van der Waals surface area contributed by atoms with E-state index in [1.807, 2.05) is 0 Å². The fourth-order valence-electron chi connectivity index (χ4n) is 1.98. The first-order chi connectivity index (χ1) is 13.4. The Morgan fingerprint density at radius 2 is 1.30 bits per heavy atom. The van der Waals surface area contributed by atoms with Gasteiger partial charge in [0.1, 0.15) is 5.76 Å². The second-order valence-corrected chi connectivity index (χ2v) is 8.98. The van der Waals surface area contributed by atoms with Crippen LogP contribution in [0, 0.1) is 13.8 Å². The van der Waals surface area contributed by atoms with E-state index in [2.05, 4.69) is 9.71 Å². The van der Waals surface area contributed by atoms with E-state index >= 15 is 0 Å². The summed E-state index contributed by atoms with van der Waals surface area (Å²) >= 11 is 0. The van der Waals surface area contributed by atoms with Crippen molar-refractivity contribution in [1.82, 2.24) is 4.98 Å². The van der Waals surface area contributed by atoms with Gasteiger partial charge in [-0.3, -0.25) is 4.55 Å². The first-order valence-electron chi connectivity index (χ1n) is 8.04. The van der Waals surface area contributed by atoms with Gasteiger partial charge in [0.2, 0.25) is 0 Å². The molecule has 0 aliphatic heterocycles. The number of hydrogen-bond acceptors (Lipinski definition) is 8. The predicted molar refractivity (Wildman–Crippen MR) is 108 cm³/mol. The van der Waals surface area contributed by atoms with Crippen LogP contribution >= 0.6 is 0 Å². The number of nitrogens with two attached hydrogens (primary N) is 2. The van der Waals surface area contributed by atoms with Gasteiger partial charge in [0.05, 0.1) is 15.5 Å². The third-order valence-corrected chi connectivity index (χ3v) is 5.82. The molecule has 0 amide bonds. The zero-order valence-electron chi connectivity index (χ0n) is 16.2. The molecular formula is C17H20N4O6S2Zn. The van der Waals surface area contributed by atoms with Crippen molar-refractivity contribution in [1.29, 1.82) is 0 Å². The summed E-state index contributed by atoms with van der Waals surface area (Å²) in [7, 11) is -7.77. The van der Waals surface area contributed by atoms with Crippen LogP contribution < -0.4 is 16.2 Å². The molecule has 3 rings (SSSR count). The minimum Gasteiger partial charge on any atom is -0.428 e. The molecule has 158 valence electrons. The summed E-state index contributed by atoms with van der Waals surface area (Å²) in [6.45, 7) is 3.45. The molecule has 0 bridgehead atoms. The van der Waals surface area contributed by atoms with Crippen molar-refractivity contribution in [2.24, 2.45) is 0 Å². The molecule has 13 heteroatoms. The minimum absolute atomic E-state index is 0. The summed E-state index contributed by atoms with van der Waals surface area (Å²) < 4.78 is 60.8. The number of hydrogen-bond donors (Lipinski definition) is 4. The average Bonchev–Trinajstić information content (AvgIpc) is 2.92. The Kier molecular flexibility index (Phi) is 8.55. The number of oxazole rings is 1. The van der Waals surface area contributed by atoms with Gasteiger partial charge in [-0.05, 0) is 62.4 Å². The van der Waals surface area contributed by atoms with E-state index < -0.39 is 20.1 Å². The second-order valence-electron chi connectivity index (χ2n) is 5.88. The summed E-state index contributed by atoms with van der Waals surface area (Å²) in [4.78, 5) is 3.91. The van der Waals surface area contributed by atoms with E-state index in [0.29, 0.717) is 22.8 Å². The summed E-state index contributed by atoms with van der Waals surface area (Å²) in [5.74, 6) is 0.574. The average molecular weight is 506 g/mol. The van der Waals surface area contributed by atoms with Crippen LogP contribution in [0.1, 0.15) is 11.5 Å². The molecule has 3 aromatic rings. The van der Waals surface area contributed by atoms with E-state index in [1.54, 1.807) is 13.8 Å². The molecule has 0 radical (unpaired) electrons. The molecule has 0 aliphatic rings. The first-order valence-corrected chi connectivity index (χ1v) is 11.0. The number of aromatic nitrogens is 1. The van der Waals surface area contributed by atoms with Crippen molar-refractivity contribution < 1.29 is 45.3 Å². The number of aryl methyl sites for hydroxylation is 2. The number of benzene rings is 2. The molecule has 0 unspecified atom stereocenters. The molecule has 0 spiro atoms. The van der Waals surface area contributed by atoms with E-state index in [0.717, 1.165) is 0 Å². The summed E-state index contributed by atoms with van der Waals surface area (Å²) in [5, 5.41) is 0. The summed E-state index contributed by atoms with van der Waals surface area (Å²) in [6.07, 6.45) is 0. The second kappa shape index (κ2) is 10.0. The van der Waals surface area contributed by atoms with Crippen molar-refractivity contribution in [2.45, 2.75) is 23.6 Å². The van der Waals surface area contributed by atoms with Gasteiger partial charge in [0.15, 0.2) is 0 Å². The number of rotatable bonds is 4. The zero-order chi connectivity index (χ0) is 21.8. The standard InChI is InChI=1S/C11H13N3O3S.C6H7NO3S.Zn/c1-7-8(2)17-11(13-7)14-18(15,16)10-5-3-9(12)4-6-10;7-5-1-3-6(4-2-5)11(8,9)10;/h3-6H,12H2,1-2H3,(H,13,14);1-4H,7H2,(H,8,9,10);. The number of nitrogens with one attached hydrogen (secondary N) is 1. The number of anilines is 3. The molecule has 0 atom stereocenters. The molecule has 0 saturated carbocycles. The molecule has 0 aliphatic carbocycles. The molecule has 2 aromatic carbocycles. The Labute approximate surface area is 187 Å². The number of nitrogen functional groups attached to an aromatic ring is 2. The fourth-order valence-corrected chi connectivity index (χ4v) is 3.39. The molecule has 1 aromatic heterocycles. The number of nitrogens with zero attached hydrogens (tertiary/aromatic N) is 1. The van der Waals surface area contributed by atoms with Crippen LogP contribution in [-0.4, -0.2) is 26.4 Å². The maximum atomic E-state index is 12.0. The smallest absolute Gasteiger partial charge is 0.309 e. The van der Waals surface area contributed by atoms with Gasteiger partial charge in [-0.15, -0.1) is 0 Å². The first kappa shape index (κ1) is 25.6. The molecular weight excluding hydrogens is 486 g/mol. The van der Waals surface area contributed by atoms with Crippen LogP contribution in [0.15, 0.2) is 62.7 Å². The van der Waals surface area contributed by atoms with Gasteiger partial charge < -0.3 is 15.9 Å². The molecule has 1 heterocycles. The Balaban J connectivity index is 0.000000324. The molecule has 0 saturated heterocycles. The van der Waals surface area contributed by atoms with Crippen molar-refractivity contribution >= 4 is 37.5 Å². The minimum atomic E-state index is -4.08. The predicted octanol–water partition coefficient (Wildman–Crippen LogP) is 2.19. The Morgan fingerprint density at radius 1 is 0.867 bits per heavy atom. The fraction of sp³-hybridized carbons (Fsp3) is 0.118. The molecule has 0 fully saturated rings. The van der Waals surface area contributed by atoms with E-state index in [9.17, 15) is 16.8 Å². The van der Waals surface area contributed by atoms with Gasteiger partial charge in [-0.2, -0.15) is 13.4 Å². The van der Waals surface area contributed by atoms with E-state index in [1.165, 1.54) is 48.5 Å². The summed E-state index contributed by atoms with van der Waals surface area (Å²) in [6, 6.07) is 11.1. The largest absolute Gasteiger partial charge is 0.428 e. The van der Waals surface area contributed by atoms with Gasteiger partial charge in [0, 0.05) is 30.9 Å². The number of sulfonamides is 1. The Bertz CT molecular complexity index is 1170. The SMILES string of the molecule is Cc1nc(NS(=O)(=O)c2ccc(N)cc2)oc1C.Nc1ccc(S(=O)(=O)O)cc1.[Zn]. The van der Waals surface area contributed by atoms with Crippen molar-refractivity contribution in [2.75, 3.05) is 16.2 Å². The normalized spacial score (nSPS) is 11.0. The third kappa shape index (κ3) is 7.10.